The van der Waals surface area contributed by atoms with Crippen LogP contribution in [0.4, 0.5) is 0 Å². The Kier molecular flexibility index (Phi) is 3.43. The number of nitrogens with zero attached hydrogens (tertiary/aromatic N) is 2. The van der Waals surface area contributed by atoms with E-state index < -0.39 is 0 Å². The third-order valence-electron chi connectivity index (χ3n) is 2.96. The summed E-state index contributed by atoms with van der Waals surface area (Å²) >= 11 is 5.33. The van der Waals surface area contributed by atoms with Gasteiger partial charge in [-0.1, -0.05) is 13.8 Å². The third-order valence-corrected chi connectivity index (χ3v) is 3.30. The van der Waals surface area contributed by atoms with Gasteiger partial charge in [-0.05, 0) is 42.3 Å². The van der Waals surface area contributed by atoms with Gasteiger partial charge in [-0.15, -0.1) is 0 Å². The molecular formula is C13H17N3S. The summed E-state index contributed by atoms with van der Waals surface area (Å²) in [5.74, 6) is 0.463. The predicted octanol–water partition coefficient (Wildman–Crippen LogP) is 3.42. The van der Waals surface area contributed by atoms with E-state index in [1.165, 1.54) is 16.8 Å². The molecule has 0 aromatic carbocycles. The first-order chi connectivity index (χ1) is 8.09. The Morgan fingerprint density at radius 3 is 2.88 bits per heavy atom. The molecular weight excluding hydrogens is 230 g/mol. The molecule has 0 fully saturated rings. The van der Waals surface area contributed by atoms with Crippen LogP contribution in [0.25, 0.3) is 0 Å². The second-order valence-electron chi connectivity index (χ2n) is 4.56. The zero-order chi connectivity index (χ0) is 12.4. The quantitative estimate of drug-likeness (QED) is 0.843. The first-order valence-electron chi connectivity index (χ1n) is 5.77. The highest BCUT2D eigenvalue weighted by molar-refractivity contribution is 7.71. The number of hydrogen-bond acceptors (Lipinski definition) is 2. The van der Waals surface area contributed by atoms with Crippen molar-refractivity contribution in [1.29, 1.82) is 0 Å². The van der Waals surface area contributed by atoms with Crippen LogP contribution in [0, 0.1) is 11.7 Å². The number of hydrogen-bond donors (Lipinski definition) is 1. The molecule has 0 aliphatic carbocycles. The lowest BCUT2D eigenvalue weighted by Gasteiger charge is -2.12. The molecule has 0 saturated carbocycles. The second-order valence-corrected chi connectivity index (χ2v) is 4.95. The first kappa shape index (κ1) is 12.0. The van der Waals surface area contributed by atoms with Gasteiger partial charge >= 0.3 is 0 Å². The maximum Gasteiger partial charge on any atom is 0.177 e. The lowest BCUT2D eigenvalue weighted by atomic mass is 10.1. The fraction of sp³-hybridized carbons (Fsp3) is 0.385. The molecule has 2 heterocycles. The lowest BCUT2D eigenvalue weighted by molar-refractivity contribution is 0.682. The zero-order valence-electron chi connectivity index (χ0n) is 10.4. The van der Waals surface area contributed by atoms with E-state index >= 15 is 0 Å². The maximum absolute atomic E-state index is 5.33. The smallest absolute Gasteiger partial charge is 0.177 e. The van der Waals surface area contributed by atoms with Gasteiger partial charge in [-0.3, -0.25) is 4.98 Å². The van der Waals surface area contributed by atoms with Crippen molar-refractivity contribution in [3.8, 4) is 0 Å². The van der Waals surface area contributed by atoms with Gasteiger partial charge in [0.25, 0.3) is 0 Å². The minimum absolute atomic E-state index is 0.463. The van der Waals surface area contributed by atoms with Crippen molar-refractivity contribution in [1.82, 2.24) is 14.5 Å². The number of rotatable bonds is 3. The van der Waals surface area contributed by atoms with Gasteiger partial charge in [0, 0.05) is 24.3 Å². The number of nitrogens with one attached hydrogen (secondary N) is 1. The Morgan fingerprint density at radius 2 is 2.24 bits per heavy atom. The van der Waals surface area contributed by atoms with Gasteiger partial charge in [-0.25, -0.2) is 0 Å². The van der Waals surface area contributed by atoms with Crippen LogP contribution in [0.1, 0.15) is 36.6 Å². The molecule has 0 atom stereocenters. The molecule has 1 N–H and O–H groups in total. The Morgan fingerprint density at radius 1 is 1.47 bits per heavy atom. The van der Waals surface area contributed by atoms with Gasteiger partial charge in [0.2, 0.25) is 0 Å². The molecule has 0 radical (unpaired) electrons. The van der Waals surface area contributed by atoms with Crippen molar-refractivity contribution in [2.45, 2.75) is 33.2 Å². The molecule has 0 unspecified atom stereocenters. The van der Waals surface area contributed by atoms with Crippen LogP contribution in [0.15, 0.2) is 24.7 Å². The van der Waals surface area contributed by atoms with E-state index in [1.807, 2.05) is 24.7 Å². The van der Waals surface area contributed by atoms with Crippen LogP contribution >= 0.6 is 12.2 Å². The van der Waals surface area contributed by atoms with Gasteiger partial charge < -0.3 is 9.55 Å². The summed E-state index contributed by atoms with van der Waals surface area (Å²) in [4.78, 5) is 7.23. The molecule has 0 bridgehead atoms. The highest BCUT2D eigenvalue weighted by Gasteiger charge is 2.09. The van der Waals surface area contributed by atoms with Gasteiger partial charge in [-0.2, -0.15) is 0 Å². The summed E-state index contributed by atoms with van der Waals surface area (Å²) in [6, 6.07) is 2.05. The largest absolute Gasteiger partial charge is 0.337 e. The maximum atomic E-state index is 5.33. The number of imidazole rings is 1. The van der Waals surface area contributed by atoms with E-state index in [2.05, 4.69) is 35.3 Å². The van der Waals surface area contributed by atoms with Crippen molar-refractivity contribution >= 4 is 12.2 Å². The number of pyridine rings is 1. The van der Waals surface area contributed by atoms with Crippen LogP contribution in [0.2, 0.25) is 0 Å². The Bertz CT molecular complexity index is 566. The summed E-state index contributed by atoms with van der Waals surface area (Å²) < 4.78 is 2.94. The highest BCUT2D eigenvalue weighted by atomic mass is 32.1. The van der Waals surface area contributed by atoms with E-state index in [4.69, 9.17) is 12.2 Å². The number of aryl methyl sites for hydroxylation is 1. The minimum atomic E-state index is 0.463. The fourth-order valence-corrected chi connectivity index (χ4v) is 2.13. The first-order valence-corrected chi connectivity index (χ1v) is 6.18. The van der Waals surface area contributed by atoms with Crippen LogP contribution in [0.5, 0.6) is 0 Å². The molecule has 0 amide bonds. The molecule has 90 valence electrons. The molecule has 0 aliphatic heterocycles. The number of H-pyrrole nitrogens is 1. The van der Waals surface area contributed by atoms with Crippen LogP contribution in [0.3, 0.4) is 0 Å². The molecule has 2 aromatic rings. The van der Waals surface area contributed by atoms with Crippen molar-refractivity contribution in [2.24, 2.45) is 0 Å². The van der Waals surface area contributed by atoms with E-state index in [-0.39, 0.29) is 0 Å². The van der Waals surface area contributed by atoms with E-state index in [9.17, 15) is 0 Å². The standard InChI is InChI=1S/C13H17N3S/c1-9(2)12-7-15-13(17)16(12)8-11-4-5-14-6-10(11)3/h4-7,9H,8H2,1-3H3,(H,15,17). The van der Waals surface area contributed by atoms with E-state index in [0.717, 1.165) is 11.3 Å². The molecule has 3 nitrogen and oxygen atoms in total. The molecule has 17 heavy (non-hydrogen) atoms. The van der Waals surface area contributed by atoms with Crippen LogP contribution < -0.4 is 0 Å². The van der Waals surface area contributed by atoms with Crippen molar-refractivity contribution in [2.75, 3.05) is 0 Å². The molecule has 0 saturated heterocycles. The summed E-state index contributed by atoms with van der Waals surface area (Å²) in [6.45, 7) is 7.24. The fourth-order valence-electron chi connectivity index (χ4n) is 1.90. The summed E-state index contributed by atoms with van der Waals surface area (Å²) in [5.41, 5.74) is 3.70. The van der Waals surface area contributed by atoms with Crippen LogP contribution in [-0.4, -0.2) is 14.5 Å². The minimum Gasteiger partial charge on any atom is -0.337 e. The average molecular weight is 247 g/mol. The van der Waals surface area contributed by atoms with Gasteiger partial charge in [0.1, 0.15) is 0 Å². The highest BCUT2D eigenvalue weighted by Crippen LogP contribution is 2.17. The zero-order valence-corrected chi connectivity index (χ0v) is 11.2. The summed E-state index contributed by atoms with van der Waals surface area (Å²) in [7, 11) is 0. The molecule has 2 rings (SSSR count). The molecule has 0 aliphatic rings. The molecule has 0 spiro atoms. The Hall–Kier alpha value is -1.42. The Labute approximate surface area is 107 Å². The van der Waals surface area contributed by atoms with Gasteiger partial charge in [0.05, 0.1) is 6.54 Å². The molecule has 2 aromatic heterocycles. The van der Waals surface area contributed by atoms with Crippen LogP contribution in [-0.2, 0) is 6.54 Å². The van der Waals surface area contributed by atoms with E-state index in [0.29, 0.717) is 5.92 Å². The summed E-state index contributed by atoms with van der Waals surface area (Å²) in [5, 5.41) is 0. The Balaban J connectivity index is 2.40. The average Bonchev–Trinajstić information content (AvgIpc) is 2.64. The van der Waals surface area contributed by atoms with Crippen molar-refractivity contribution < 1.29 is 0 Å². The van der Waals surface area contributed by atoms with Gasteiger partial charge in [0.15, 0.2) is 4.77 Å². The predicted molar refractivity (Wildman–Crippen MR) is 71.8 cm³/mol. The lowest BCUT2D eigenvalue weighted by Crippen LogP contribution is -2.07. The summed E-state index contributed by atoms with van der Waals surface area (Å²) in [6.07, 6.45) is 5.72. The third kappa shape index (κ3) is 2.47. The van der Waals surface area contributed by atoms with Crippen molar-refractivity contribution in [3.05, 3.63) is 46.2 Å². The normalized spacial score (nSPS) is 11.1. The van der Waals surface area contributed by atoms with E-state index in [1.54, 1.807) is 0 Å². The van der Waals surface area contributed by atoms with Crippen molar-refractivity contribution in [3.63, 3.8) is 0 Å². The molecule has 4 heteroatoms. The second kappa shape index (κ2) is 4.84. The number of aromatic amines is 1. The topological polar surface area (TPSA) is 33.6 Å². The number of aromatic nitrogens is 3. The monoisotopic (exact) mass is 247 g/mol. The SMILES string of the molecule is Cc1cnccc1Cn1c(C(C)C)c[nH]c1=S.